The second-order valence-corrected chi connectivity index (χ2v) is 4.64. The van der Waals surface area contributed by atoms with Crippen LogP contribution in [0.15, 0.2) is 0 Å². The highest BCUT2D eigenvalue weighted by Gasteiger charge is 2.16. The van der Waals surface area contributed by atoms with Crippen molar-refractivity contribution in [1.82, 2.24) is 0 Å². The van der Waals surface area contributed by atoms with Gasteiger partial charge in [-0.2, -0.15) is 0 Å². The number of Topliss-reactive ketones (excluding diaryl/α,β-unsaturated/α-hetero) is 1. The highest BCUT2D eigenvalue weighted by molar-refractivity contribution is 5.80. The van der Waals surface area contributed by atoms with Gasteiger partial charge >= 0.3 is 0 Å². The summed E-state index contributed by atoms with van der Waals surface area (Å²) in [6.45, 7) is 8.04. The van der Waals surface area contributed by atoms with Crippen molar-refractivity contribution in [3.63, 3.8) is 0 Å². The van der Waals surface area contributed by atoms with Crippen LogP contribution in [-0.2, 0) is 4.79 Å². The lowest BCUT2D eigenvalue weighted by atomic mass is 9.92. The number of hydrogen-bond donors (Lipinski definition) is 1. The molecule has 0 amide bonds. The third-order valence-electron chi connectivity index (χ3n) is 2.29. The minimum atomic E-state index is -0.207. The maximum Gasteiger partial charge on any atom is 0.135 e. The van der Waals surface area contributed by atoms with Gasteiger partial charge in [0.25, 0.3) is 0 Å². The van der Waals surface area contributed by atoms with Crippen LogP contribution in [0.25, 0.3) is 0 Å². The van der Waals surface area contributed by atoms with Crippen molar-refractivity contribution in [1.29, 1.82) is 0 Å². The van der Waals surface area contributed by atoms with Crippen molar-refractivity contribution in [2.75, 3.05) is 0 Å². The van der Waals surface area contributed by atoms with E-state index in [0.29, 0.717) is 12.2 Å². The first-order chi connectivity index (χ1) is 5.87. The molecule has 0 aromatic heterocycles. The molecule has 2 nitrogen and oxygen atoms in total. The molecule has 0 fully saturated rings. The summed E-state index contributed by atoms with van der Waals surface area (Å²) in [4.78, 5) is 11.5. The van der Waals surface area contributed by atoms with Crippen molar-refractivity contribution in [2.45, 2.75) is 58.9 Å². The third kappa shape index (κ3) is 6.76. The number of carbonyl (C=O) groups excluding carboxylic acids is 1. The fourth-order valence-corrected chi connectivity index (χ4v) is 1.29. The van der Waals surface area contributed by atoms with Crippen LogP contribution >= 0.6 is 0 Å². The van der Waals surface area contributed by atoms with Crippen LogP contribution in [0.2, 0.25) is 0 Å². The monoisotopic (exact) mass is 185 g/mol. The van der Waals surface area contributed by atoms with Gasteiger partial charge in [0.1, 0.15) is 5.78 Å². The van der Waals surface area contributed by atoms with Gasteiger partial charge in [-0.15, -0.1) is 0 Å². The molecule has 0 saturated heterocycles. The smallest absolute Gasteiger partial charge is 0.135 e. The summed E-state index contributed by atoms with van der Waals surface area (Å²) in [6, 6.07) is 0. The Morgan fingerprint density at radius 2 is 2.00 bits per heavy atom. The average Bonchev–Trinajstić information content (AvgIpc) is 1.99. The molecule has 0 aromatic carbocycles. The molecule has 2 N–H and O–H groups in total. The Labute approximate surface area is 81.9 Å². The fraction of sp³-hybridized carbons (Fsp3) is 0.909. The van der Waals surface area contributed by atoms with Gasteiger partial charge in [-0.25, -0.2) is 0 Å². The standard InChI is InChI=1S/C11H23NO/c1-5-6-9(2)10(13)7-8-11(3,4)12/h9H,5-8,12H2,1-4H3. The molecule has 0 spiro atoms. The van der Waals surface area contributed by atoms with E-state index in [9.17, 15) is 4.79 Å². The summed E-state index contributed by atoms with van der Waals surface area (Å²) in [5.41, 5.74) is 5.60. The molecule has 0 rings (SSSR count). The number of nitrogens with two attached hydrogens (primary N) is 1. The lowest BCUT2D eigenvalue weighted by Gasteiger charge is -2.18. The van der Waals surface area contributed by atoms with Crippen LogP contribution in [0.5, 0.6) is 0 Å². The van der Waals surface area contributed by atoms with Crippen LogP contribution < -0.4 is 5.73 Å². The van der Waals surface area contributed by atoms with Gasteiger partial charge in [-0.1, -0.05) is 20.3 Å². The number of rotatable bonds is 6. The van der Waals surface area contributed by atoms with Gasteiger partial charge in [0.05, 0.1) is 0 Å². The minimum Gasteiger partial charge on any atom is -0.326 e. The van der Waals surface area contributed by atoms with Crippen LogP contribution in [0.3, 0.4) is 0 Å². The Bertz CT molecular complexity index is 158. The first-order valence-corrected chi connectivity index (χ1v) is 5.18. The molecule has 78 valence electrons. The van der Waals surface area contributed by atoms with Crippen molar-refractivity contribution < 1.29 is 4.79 Å². The molecule has 2 heteroatoms. The second kappa shape index (κ2) is 5.38. The van der Waals surface area contributed by atoms with Gasteiger partial charge in [0.2, 0.25) is 0 Å². The summed E-state index contributed by atoms with van der Waals surface area (Å²) >= 11 is 0. The third-order valence-corrected chi connectivity index (χ3v) is 2.29. The minimum absolute atomic E-state index is 0.207. The predicted octanol–water partition coefficient (Wildman–Crippen LogP) is 2.51. The Morgan fingerprint density at radius 1 is 1.46 bits per heavy atom. The number of ketones is 1. The fourth-order valence-electron chi connectivity index (χ4n) is 1.29. The van der Waals surface area contributed by atoms with Crippen molar-refractivity contribution in [3.05, 3.63) is 0 Å². The summed E-state index contributed by atoms with van der Waals surface area (Å²) < 4.78 is 0. The molecule has 0 aliphatic heterocycles. The summed E-state index contributed by atoms with van der Waals surface area (Å²) in [5.74, 6) is 0.577. The molecule has 0 radical (unpaired) electrons. The largest absolute Gasteiger partial charge is 0.326 e. The molecule has 0 aliphatic carbocycles. The zero-order valence-electron chi connectivity index (χ0n) is 9.39. The molecule has 0 heterocycles. The maximum absolute atomic E-state index is 11.5. The molecule has 0 bridgehead atoms. The van der Waals surface area contributed by atoms with Gasteiger partial charge in [-0.3, -0.25) is 4.79 Å². The van der Waals surface area contributed by atoms with Gasteiger partial charge in [0, 0.05) is 17.9 Å². The van der Waals surface area contributed by atoms with Crippen LogP contribution in [0.4, 0.5) is 0 Å². The molecule has 0 aromatic rings. The maximum atomic E-state index is 11.5. The average molecular weight is 185 g/mol. The summed E-state index contributed by atoms with van der Waals surface area (Å²) in [7, 11) is 0. The lowest BCUT2D eigenvalue weighted by Crippen LogP contribution is -2.32. The van der Waals surface area contributed by atoms with Crippen molar-refractivity contribution in [3.8, 4) is 0 Å². The molecular weight excluding hydrogens is 162 g/mol. The Hall–Kier alpha value is -0.370. The second-order valence-electron chi connectivity index (χ2n) is 4.64. The van der Waals surface area contributed by atoms with E-state index in [4.69, 9.17) is 5.73 Å². The lowest BCUT2D eigenvalue weighted by molar-refractivity contribution is -0.122. The van der Waals surface area contributed by atoms with E-state index < -0.39 is 0 Å². The van der Waals surface area contributed by atoms with Crippen molar-refractivity contribution in [2.24, 2.45) is 11.7 Å². The predicted molar refractivity (Wildman–Crippen MR) is 56.6 cm³/mol. The topological polar surface area (TPSA) is 43.1 Å². The highest BCUT2D eigenvalue weighted by atomic mass is 16.1. The first kappa shape index (κ1) is 12.6. The molecule has 0 saturated carbocycles. The number of hydrogen-bond acceptors (Lipinski definition) is 2. The molecule has 1 unspecified atom stereocenters. The van der Waals surface area contributed by atoms with Crippen LogP contribution in [0.1, 0.15) is 53.4 Å². The van der Waals surface area contributed by atoms with E-state index in [2.05, 4.69) is 6.92 Å². The Balaban J connectivity index is 3.74. The van der Waals surface area contributed by atoms with Gasteiger partial charge in [0.15, 0.2) is 0 Å². The quantitative estimate of drug-likeness (QED) is 0.691. The summed E-state index contributed by atoms with van der Waals surface area (Å²) in [5, 5.41) is 0. The first-order valence-electron chi connectivity index (χ1n) is 5.18. The van der Waals surface area contributed by atoms with E-state index in [1.54, 1.807) is 0 Å². The molecule has 0 aliphatic rings. The normalized spacial score (nSPS) is 14.2. The van der Waals surface area contributed by atoms with Gasteiger partial charge < -0.3 is 5.73 Å². The zero-order valence-corrected chi connectivity index (χ0v) is 9.39. The van der Waals surface area contributed by atoms with Gasteiger partial charge in [-0.05, 0) is 26.7 Å². The summed E-state index contributed by atoms with van der Waals surface area (Å²) in [6.07, 6.45) is 3.51. The Kier molecular flexibility index (Phi) is 5.23. The molecule has 13 heavy (non-hydrogen) atoms. The van der Waals surface area contributed by atoms with Crippen LogP contribution in [0, 0.1) is 5.92 Å². The van der Waals surface area contributed by atoms with Crippen LogP contribution in [-0.4, -0.2) is 11.3 Å². The molecule has 1 atom stereocenters. The van der Waals surface area contributed by atoms with E-state index in [1.165, 1.54) is 0 Å². The zero-order chi connectivity index (χ0) is 10.5. The SMILES string of the molecule is CCCC(C)C(=O)CCC(C)(C)N. The Morgan fingerprint density at radius 3 is 2.38 bits per heavy atom. The van der Waals surface area contributed by atoms with E-state index in [-0.39, 0.29) is 11.5 Å². The highest BCUT2D eigenvalue weighted by Crippen LogP contribution is 2.14. The van der Waals surface area contributed by atoms with Crippen molar-refractivity contribution >= 4 is 5.78 Å². The van der Waals surface area contributed by atoms with E-state index >= 15 is 0 Å². The molecular formula is C11H23NO. The van der Waals surface area contributed by atoms with E-state index in [1.807, 2.05) is 20.8 Å². The van der Waals surface area contributed by atoms with E-state index in [0.717, 1.165) is 19.3 Å². The number of carbonyl (C=O) groups is 1.